The quantitative estimate of drug-likeness (QED) is 0.865. The lowest BCUT2D eigenvalue weighted by Crippen LogP contribution is -2.10. The van der Waals surface area contributed by atoms with Crippen LogP contribution in [-0.2, 0) is 6.42 Å². The number of benzene rings is 1. The minimum Gasteiger partial charge on any atom is -0.367 e. The minimum atomic E-state index is 0.0916. The summed E-state index contributed by atoms with van der Waals surface area (Å²) in [5, 5.41) is 5.05. The Morgan fingerprint density at radius 1 is 1.21 bits per heavy atom. The molecule has 0 aliphatic carbocycles. The second kappa shape index (κ2) is 5.06. The van der Waals surface area contributed by atoms with Gasteiger partial charge in [-0.05, 0) is 29.5 Å². The standard InChI is InChI=1S/C14H16Cl2N2O/c1-14(2,3)7-11-12(13(17)19-18-11)8-4-5-9(15)10(16)6-8/h4-6H,7,17H2,1-3H3. The first kappa shape index (κ1) is 14.2. The van der Waals surface area contributed by atoms with Gasteiger partial charge in [0.15, 0.2) is 0 Å². The van der Waals surface area contributed by atoms with Gasteiger partial charge >= 0.3 is 0 Å². The van der Waals surface area contributed by atoms with Crippen LogP contribution in [0.15, 0.2) is 22.7 Å². The highest BCUT2D eigenvalue weighted by atomic mass is 35.5. The van der Waals surface area contributed by atoms with Gasteiger partial charge in [0.1, 0.15) is 0 Å². The van der Waals surface area contributed by atoms with Crippen LogP contribution in [0.3, 0.4) is 0 Å². The first-order valence-electron chi connectivity index (χ1n) is 5.97. The Kier molecular flexibility index (Phi) is 3.79. The summed E-state index contributed by atoms with van der Waals surface area (Å²) in [5.41, 5.74) is 8.47. The zero-order valence-corrected chi connectivity index (χ0v) is 12.6. The van der Waals surface area contributed by atoms with Crippen molar-refractivity contribution >= 4 is 29.1 Å². The lowest BCUT2D eigenvalue weighted by molar-refractivity contribution is 0.377. The smallest absolute Gasteiger partial charge is 0.230 e. The van der Waals surface area contributed by atoms with Gasteiger partial charge in [-0.2, -0.15) is 0 Å². The molecule has 0 radical (unpaired) electrons. The topological polar surface area (TPSA) is 52.0 Å². The summed E-state index contributed by atoms with van der Waals surface area (Å²) in [6.07, 6.45) is 0.767. The normalized spacial score (nSPS) is 11.8. The molecule has 0 fully saturated rings. The van der Waals surface area contributed by atoms with Crippen molar-refractivity contribution in [1.82, 2.24) is 5.16 Å². The molecule has 0 atom stereocenters. The first-order valence-corrected chi connectivity index (χ1v) is 6.73. The Morgan fingerprint density at radius 3 is 2.47 bits per heavy atom. The van der Waals surface area contributed by atoms with E-state index in [1.165, 1.54) is 0 Å². The van der Waals surface area contributed by atoms with Gasteiger partial charge in [0.25, 0.3) is 0 Å². The number of hydrogen-bond donors (Lipinski definition) is 1. The molecule has 0 amide bonds. The van der Waals surface area contributed by atoms with Crippen molar-refractivity contribution in [3.8, 4) is 11.1 Å². The molecule has 0 aliphatic heterocycles. The van der Waals surface area contributed by atoms with Gasteiger partial charge in [0.2, 0.25) is 5.88 Å². The summed E-state index contributed by atoms with van der Waals surface area (Å²) in [5.74, 6) is 0.303. The Bertz CT molecular complexity index is 600. The van der Waals surface area contributed by atoms with Gasteiger partial charge in [0, 0.05) is 0 Å². The maximum absolute atomic E-state index is 6.04. The lowest BCUT2D eigenvalue weighted by atomic mass is 9.88. The summed E-state index contributed by atoms with van der Waals surface area (Å²) in [6, 6.07) is 5.38. The second-order valence-corrected chi connectivity index (χ2v) is 6.55. The number of nitrogen functional groups attached to an aromatic ring is 1. The first-order chi connectivity index (χ1) is 8.78. The molecular weight excluding hydrogens is 283 g/mol. The van der Waals surface area contributed by atoms with Crippen LogP contribution < -0.4 is 5.73 Å². The molecule has 0 saturated heterocycles. The molecule has 0 unspecified atom stereocenters. The highest BCUT2D eigenvalue weighted by molar-refractivity contribution is 6.42. The Hall–Kier alpha value is -1.19. The molecule has 5 heteroatoms. The molecular formula is C14H16Cl2N2O. The molecule has 0 bridgehead atoms. The fourth-order valence-electron chi connectivity index (χ4n) is 1.92. The molecule has 0 saturated carbocycles. The number of hydrogen-bond acceptors (Lipinski definition) is 3. The van der Waals surface area contributed by atoms with Crippen molar-refractivity contribution in [3.63, 3.8) is 0 Å². The van der Waals surface area contributed by atoms with Gasteiger partial charge in [0.05, 0.1) is 21.3 Å². The van der Waals surface area contributed by atoms with Gasteiger partial charge in [-0.25, -0.2) is 0 Å². The van der Waals surface area contributed by atoms with Crippen molar-refractivity contribution < 1.29 is 4.52 Å². The largest absolute Gasteiger partial charge is 0.367 e. The molecule has 0 spiro atoms. The van der Waals surface area contributed by atoms with Crippen LogP contribution in [0, 0.1) is 5.41 Å². The molecule has 1 heterocycles. The van der Waals surface area contributed by atoms with Crippen LogP contribution in [0.5, 0.6) is 0 Å². The van der Waals surface area contributed by atoms with Crippen molar-refractivity contribution in [3.05, 3.63) is 33.9 Å². The third-order valence-corrected chi connectivity index (χ3v) is 3.43. The van der Waals surface area contributed by atoms with Crippen LogP contribution in [0.2, 0.25) is 10.0 Å². The molecule has 2 N–H and O–H groups in total. The maximum Gasteiger partial charge on any atom is 0.230 e. The van der Waals surface area contributed by atoms with Crippen LogP contribution >= 0.6 is 23.2 Å². The lowest BCUT2D eigenvalue weighted by Gasteiger charge is -2.16. The van der Waals surface area contributed by atoms with Crippen molar-refractivity contribution in [1.29, 1.82) is 0 Å². The third-order valence-electron chi connectivity index (χ3n) is 2.70. The number of rotatable bonds is 2. The van der Waals surface area contributed by atoms with E-state index in [2.05, 4.69) is 25.9 Å². The van der Waals surface area contributed by atoms with Gasteiger partial charge in [-0.15, -0.1) is 0 Å². The van der Waals surface area contributed by atoms with Crippen LogP contribution in [-0.4, -0.2) is 5.16 Å². The summed E-state index contributed by atoms with van der Waals surface area (Å²) in [7, 11) is 0. The number of nitrogens with zero attached hydrogens (tertiary/aromatic N) is 1. The Balaban J connectivity index is 2.49. The average Bonchev–Trinajstić information content (AvgIpc) is 2.62. The van der Waals surface area contributed by atoms with Crippen LogP contribution in [0.4, 0.5) is 5.88 Å². The fraction of sp³-hybridized carbons (Fsp3) is 0.357. The number of anilines is 1. The molecule has 2 rings (SSSR count). The molecule has 1 aromatic heterocycles. The number of nitrogens with two attached hydrogens (primary N) is 1. The molecule has 2 aromatic rings. The summed E-state index contributed by atoms with van der Waals surface area (Å²) in [4.78, 5) is 0. The Labute approximate surface area is 122 Å². The highest BCUT2D eigenvalue weighted by Crippen LogP contribution is 2.36. The van der Waals surface area contributed by atoms with E-state index in [-0.39, 0.29) is 5.41 Å². The molecule has 19 heavy (non-hydrogen) atoms. The maximum atomic E-state index is 6.04. The van der Waals surface area contributed by atoms with Crippen molar-refractivity contribution in [2.24, 2.45) is 5.41 Å². The van der Waals surface area contributed by atoms with E-state index < -0.39 is 0 Å². The van der Waals surface area contributed by atoms with E-state index >= 15 is 0 Å². The highest BCUT2D eigenvalue weighted by Gasteiger charge is 2.21. The predicted molar refractivity (Wildman–Crippen MR) is 79.5 cm³/mol. The van der Waals surface area contributed by atoms with Gasteiger partial charge < -0.3 is 10.3 Å². The molecule has 0 aliphatic rings. The van der Waals surface area contributed by atoms with E-state index in [0.29, 0.717) is 15.9 Å². The summed E-state index contributed by atoms with van der Waals surface area (Å²) in [6.45, 7) is 6.41. The fourth-order valence-corrected chi connectivity index (χ4v) is 2.22. The van der Waals surface area contributed by atoms with Crippen LogP contribution in [0.25, 0.3) is 11.1 Å². The average molecular weight is 299 g/mol. The monoisotopic (exact) mass is 298 g/mol. The summed E-state index contributed by atoms with van der Waals surface area (Å²) >= 11 is 12.0. The van der Waals surface area contributed by atoms with Crippen molar-refractivity contribution in [2.75, 3.05) is 5.73 Å². The van der Waals surface area contributed by atoms with E-state index in [0.717, 1.165) is 23.2 Å². The Morgan fingerprint density at radius 2 is 1.89 bits per heavy atom. The SMILES string of the molecule is CC(C)(C)Cc1noc(N)c1-c1ccc(Cl)c(Cl)c1. The molecule has 3 nitrogen and oxygen atoms in total. The molecule has 1 aromatic carbocycles. The van der Waals surface area contributed by atoms with Gasteiger partial charge in [-0.3, -0.25) is 0 Å². The van der Waals surface area contributed by atoms with E-state index in [4.69, 9.17) is 33.5 Å². The predicted octanol–water partition coefficient (Wildman–Crippen LogP) is 4.82. The van der Waals surface area contributed by atoms with E-state index in [9.17, 15) is 0 Å². The zero-order valence-electron chi connectivity index (χ0n) is 11.1. The van der Waals surface area contributed by atoms with Gasteiger partial charge in [-0.1, -0.05) is 55.2 Å². The van der Waals surface area contributed by atoms with E-state index in [1.807, 2.05) is 6.07 Å². The van der Waals surface area contributed by atoms with Crippen LogP contribution in [0.1, 0.15) is 26.5 Å². The van der Waals surface area contributed by atoms with Crippen molar-refractivity contribution in [2.45, 2.75) is 27.2 Å². The summed E-state index contributed by atoms with van der Waals surface area (Å²) < 4.78 is 5.12. The number of halogens is 2. The minimum absolute atomic E-state index is 0.0916. The second-order valence-electron chi connectivity index (χ2n) is 5.73. The zero-order chi connectivity index (χ0) is 14.2. The van der Waals surface area contributed by atoms with E-state index in [1.54, 1.807) is 12.1 Å². The number of aromatic nitrogens is 1. The molecule has 102 valence electrons. The third kappa shape index (κ3) is 3.23.